The van der Waals surface area contributed by atoms with Crippen molar-refractivity contribution in [3.63, 3.8) is 0 Å². The van der Waals surface area contributed by atoms with Crippen molar-refractivity contribution in [3.05, 3.63) is 71.9 Å². The number of fused-ring (bicyclic) bond motifs is 1. The lowest BCUT2D eigenvalue weighted by atomic mass is 10.1. The van der Waals surface area contributed by atoms with Gasteiger partial charge in [0.1, 0.15) is 0 Å². The van der Waals surface area contributed by atoms with E-state index in [0.29, 0.717) is 28.3 Å². The number of amides is 1. The van der Waals surface area contributed by atoms with Gasteiger partial charge < -0.3 is 36.2 Å². The van der Waals surface area contributed by atoms with E-state index in [0.717, 1.165) is 11.3 Å². The maximum atomic E-state index is 14.1. The average Bonchev–Trinajstić information content (AvgIpc) is 3.49. The first-order valence-electron chi connectivity index (χ1n) is 13.8. The quantitative estimate of drug-likeness (QED) is 0.122. The minimum absolute atomic E-state index is 0.182. The van der Waals surface area contributed by atoms with E-state index >= 15 is 0 Å². The highest BCUT2D eigenvalue weighted by atomic mass is 19.4. The van der Waals surface area contributed by atoms with Crippen LogP contribution in [0.2, 0.25) is 0 Å². The fraction of sp³-hybridized carbons (Fsp3) is 0.207. The Morgan fingerprint density at radius 1 is 0.719 bits per heavy atom. The molecule has 0 aliphatic rings. The Hall–Kier alpha value is -6.90. The third-order valence-corrected chi connectivity index (χ3v) is 5.60. The van der Waals surface area contributed by atoms with Crippen LogP contribution in [0.5, 0.6) is 5.75 Å². The van der Waals surface area contributed by atoms with Crippen LogP contribution in [0.3, 0.4) is 0 Å². The SMILES string of the molecule is COc1ccc(-c2cnc3c(Nc4ccc(C(N)=O)c(C)c4)nccn23)cc1F.O=C(O)C(F)(F)F.O=C(O)C(F)(F)F.O=C(O)C(F)(F)F.O=C(O)C(F)(F)F. The number of carboxylic acid groups (broad SMARTS) is 4. The highest BCUT2D eigenvalue weighted by Gasteiger charge is 2.40. The molecule has 0 aliphatic carbocycles. The predicted molar refractivity (Wildman–Crippen MR) is 163 cm³/mol. The van der Waals surface area contributed by atoms with Gasteiger partial charge in [-0.2, -0.15) is 52.7 Å². The number of aryl methyl sites for hydroxylation is 1. The van der Waals surface area contributed by atoms with Crippen molar-refractivity contribution in [2.45, 2.75) is 31.6 Å². The van der Waals surface area contributed by atoms with Gasteiger partial charge in [0, 0.05) is 29.2 Å². The molecule has 0 bridgehead atoms. The molecule has 0 fully saturated rings. The molecule has 28 heteroatoms. The van der Waals surface area contributed by atoms with Gasteiger partial charge in [0.05, 0.1) is 19.0 Å². The van der Waals surface area contributed by atoms with E-state index in [4.69, 9.17) is 50.1 Å². The number of benzene rings is 2. The van der Waals surface area contributed by atoms with Crippen LogP contribution in [0.25, 0.3) is 16.9 Å². The molecule has 0 atom stereocenters. The van der Waals surface area contributed by atoms with Crippen LogP contribution in [0.4, 0.5) is 68.6 Å². The number of nitrogens with zero attached hydrogens (tertiary/aromatic N) is 3. The van der Waals surface area contributed by atoms with Crippen LogP contribution in [0.1, 0.15) is 15.9 Å². The Kier molecular flexibility index (Phi) is 17.7. The molecule has 57 heavy (non-hydrogen) atoms. The zero-order chi connectivity index (χ0) is 44.9. The summed E-state index contributed by atoms with van der Waals surface area (Å²) in [5.41, 5.74) is 9.28. The van der Waals surface area contributed by atoms with Crippen molar-refractivity contribution < 1.29 is 106 Å². The van der Waals surface area contributed by atoms with E-state index in [1.165, 1.54) is 13.2 Å². The molecular weight excluding hydrogens is 825 g/mol. The zero-order valence-electron chi connectivity index (χ0n) is 27.8. The Morgan fingerprint density at radius 3 is 1.51 bits per heavy atom. The second kappa shape index (κ2) is 20.1. The van der Waals surface area contributed by atoms with Gasteiger partial charge in [0.2, 0.25) is 5.91 Å². The van der Waals surface area contributed by atoms with Crippen LogP contribution in [-0.4, -0.2) is 96.4 Å². The molecule has 0 saturated carbocycles. The van der Waals surface area contributed by atoms with Crippen molar-refractivity contribution in [2.75, 3.05) is 12.4 Å². The van der Waals surface area contributed by atoms with Gasteiger partial charge >= 0.3 is 48.6 Å². The number of aliphatic carboxylic acids is 4. The number of anilines is 2. The number of carboxylic acids is 4. The average molecular weight is 847 g/mol. The van der Waals surface area contributed by atoms with Gasteiger partial charge in [-0.15, -0.1) is 0 Å². The van der Waals surface area contributed by atoms with E-state index in [1.807, 2.05) is 17.4 Å². The van der Waals surface area contributed by atoms with Crippen LogP contribution in [0.15, 0.2) is 55.0 Å². The lowest BCUT2D eigenvalue weighted by molar-refractivity contribution is -0.193. The third kappa shape index (κ3) is 17.0. The summed E-state index contributed by atoms with van der Waals surface area (Å²) in [4.78, 5) is 55.8. The summed E-state index contributed by atoms with van der Waals surface area (Å²) < 4.78 is 148. The number of carbonyl (C=O) groups is 5. The minimum atomic E-state index is -5.08. The van der Waals surface area contributed by atoms with Crippen molar-refractivity contribution in [1.29, 1.82) is 0 Å². The second-order valence-electron chi connectivity index (χ2n) is 9.69. The summed E-state index contributed by atoms with van der Waals surface area (Å²) in [6.45, 7) is 1.81. The molecule has 15 nitrogen and oxygen atoms in total. The van der Waals surface area contributed by atoms with E-state index in [-0.39, 0.29) is 5.75 Å². The van der Waals surface area contributed by atoms with Crippen LogP contribution >= 0.6 is 0 Å². The number of hydrogen-bond donors (Lipinski definition) is 6. The normalized spacial score (nSPS) is 11.1. The second-order valence-corrected chi connectivity index (χ2v) is 9.69. The lowest BCUT2D eigenvalue weighted by Gasteiger charge is -2.10. The molecule has 0 aliphatic heterocycles. The smallest absolute Gasteiger partial charge is 0.490 e. The maximum absolute atomic E-state index is 14.1. The molecule has 4 aromatic rings. The number of halogens is 13. The van der Waals surface area contributed by atoms with Gasteiger partial charge in [-0.25, -0.2) is 33.5 Å². The highest BCUT2D eigenvalue weighted by Crippen LogP contribution is 2.29. The number of nitrogens with two attached hydrogens (primary N) is 1. The van der Waals surface area contributed by atoms with Crippen molar-refractivity contribution in [1.82, 2.24) is 14.4 Å². The molecule has 0 unspecified atom stereocenters. The van der Waals surface area contributed by atoms with E-state index in [9.17, 15) is 61.9 Å². The molecular formula is C29H22F13N5O10. The molecule has 2 aromatic carbocycles. The number of nitrogens with one attached hydrogen (secondary N) is 1. The number of primary amides is 1. The minimum Gasteiger partial charge on any atom is -0.494 e. The molecule has 314 valence electrons. The molecule has 1 amide bonds. The van der Waals surface area contributed by atoms with Gasteiger partial charge in [0.25, 0.3) is 0 Å². The summed E-state index contributed by atoms with van der Waals surface area (Å²) in [5.74, 6) is -11.2. The topological polar surface area (TPSA) is 244 Å². The van der Waals surface area contributed by atoms with Gasteiger partial charge in [-0.05, 0) is 48.9 Å². The van der Waals surface area contributed by atoms with Gasteiger partial charge in [0.15, 0.2) is 23.0 Å². The van der Waals surface area contributed by atoms with Crippen molar-refractivity contribution in [3.8, 4) is 17.0 Å². The summed E-state index contributed by atoms with van der Waals surface area (Å²) in [6, 6.07) is 9.98. The Labute approximate surface area is 306 Å². The summed E-state index contributed by atoms with van der Waals surface area (Å²) in [5, 5.41) is 31.7. The first-order valence-corrected chi connectivity index (χ1v) is 13.8. The predicted octanol–water partition coefficient (Wildman–Crippen LogP) is 6.23. The van der Waals surface area contributed by atoms with Crippen LogP contribution in [0, 0.1) is 12.7 Å². The number of hydrogen-bond acceptors (Lipinski definition) is 9. The first kappa shape index (κ1) is 50.1. The summed E-state index contributed by atoms with van der Waals surface area (Å²) in [6.07, 6.45) is -15.3. The Morgan fingerprint density at radius 2 is 1.16 bits per heavy atom. The lowest BCUT2D eigenvalue weighted by Crippen LogP contribution is -2.21. The largest absolute Gasteiger partial charge is 0.494 e. The molecule has 2 heterocycles. The van der Waals surface area contributed by atoms with Crippen molar-refractivity contribution >= 4 is 46.9 Å². The van der Waals surface area contributed by atoms with Crippen LogP contribution < -0.4 is 15.8 Å². The number of rotatable bonds is 5. The van der Waals surface area contributed by atoms with Gasteiger partial charge in [-0.3, -0.25) is 9.20 Å². The number of aromatic nitrogens is 3. The number of ether oxygens (including phenoxy) is 1. The fourth-order valence-electron chi connectivity index (χ4n) is 3.20. The van der Waals surface area contributed by atoms with Crippen LogP contribution in [-0.2, 0) is 19.2 Å². The highest BCUT2D eigenvalue weighted by molar-refractivity contribution is 5.95. The zero-order valence-corrected chi connectivity index (χ0v) is 27.8. The van der Waals surface area contributed by atoms with Gasteiger partial charge in [-0.1, -0.05) is 0 Å². The maximum Gasteiger partial charge on any atom is 0.490 e. The fourth-order valence-corrected chi connectivity index (χ4v) is 3.20. The summed E-state index contributed by atoms with van der Waals surface area (Å²) in [7, 11) is 1.42. The third-order valence-electron chi connectivity index (χ3n) is 5.60. The Balaban J connectivity index is 0.000000909. The standard InChI is InChI=1S/C21H18FN5O2.4C2HF3O2/c1-12-9-14(4-5-15(12)19(23)28)26-20-21-25-11-17(27(21)8-7-24-20)13-3-6-18(29-2)16(22)10-13;4*3-2(4,5)1(6)7/h3-11H,1-2H3,(H2,23,28)(H,24,26);4*(H,6,7). The Bertz CT molecular complexity index is 1950. The molecule has 2 aromatic heterocycles. The number of methoxy groups -OCH3 is 1. The molecule has 0 saturated heterocycles. The van der Waals surface area contributed by atoms with Crippen molar-refractivity contribution in [2.24, 2.45) is 5.73 Å². The first-order chi connectivity index (χ1) is 25.7. The molecule has 0 radical (unpaired) electrons. The summed E-state index contributed by atoms with van der Waals surface area (Å²) >= 11 is 0. The molecule has 4 rings (SSSR count). The number of alkyl halides is 12. The molecule has 0 spiro atoms. The number of carbonyl (C=O) groups excluding carboxylic acids is 1. The van der Waals surface area contributed by atoms with E-state index < -0.39 is 60.3 Å². The van der Waals surface area contributed by atoms with E-state index in [1.54, 1.807) is 42.9 Å². The molecule has 7 N–H and O–H groups in total. The monoisotopic (exact) mass is 847 g/mol. The number of imidazole rings is 1. The van der Waals surface area contributed by atoms with E-state index in [2.05, 4.69) is 15.3 Å².